The van der Waals surface area contributed by atoms with Crippen LogP contribution in [-0.2, 0) is 7.05 Å². The molecule has 0 spiro atoms. The zero-order valence-electron chi connectivity index (χ0n) is 7.65. The smallest absolute Gasteiger partial charge is 0.224 e. The van der Waals surface area contributed by atoms with Crippen LogP contribution >= 0.6 is 27.3 Å². The first-order valence-electron chi connectivity index (χ1n) is 3.90. The standard InChI is InChI=1S/C7H8BrN5S/c1-9-7-12-11-6(13(7)2)4-5(8)14-3-10-4/h3H,1-2H3,(H,9,12). The molecular formula is C7H8BrN5S. The van der Waals surface area contributed by atoms with Crippen molar-refractivity contribution < 1.29 is 0 Å². The van der Waals surface area contributed by atoms with Crippen LogP contribution in [0.1, 0.15) is 0 Å². The number of nitrogens with one attached hydrogen (secondary N) is 1. The number of hydrogen-bond acceptors (Lipinski definition) is 5. The molecule has 0 radical (unpaired) electrons. The summed E-state index contributed by atoms with van der Waals surface area (Å²) in [5.74, 6) is 1.47. The van der Waals surface area contributed by atoms with E-state index in [1.807, 2.05) is 18.7 Å². The molecule has 0 aliphatic rings. The normalized spacial score (nSPS) is 10.5. The molecule has 0 unspecified atom stereocenters. The van der Waals surface area contributed by atoms with E-state index in [2.05, 4.69) is 36.4 Å². The van der Waals surface area contributed by atoms with Crippen LogP contribution in [0.4, 0.5) is 5.95 Å². The van der Waals surface area contributed by atoms with Gasteiger partial charge in [0.25, 0.3) is 0 Å². The zero-order valence-corrected chi connectivity index (χ0v) is 10.1. The number of rotatable bonds is 2. The van der Waals surface area contributed by atoms with Gasteiger partial charge in [-0.15, -0.1) is 21.5 Å². The van der Waals surface area contributed by atoms with Gasteiger partial charge >= 0.3 is 0 Å². The second kappa shape index (κ2) is 3.66. The molecule has 2 aromatic rings. The molecule has 0 saturated heterocycles. The zero-order chi connectivity index (χ0) is 10.1. The first-order valence-corrected chi connectivity index (χ1v) is 5.57. The Hall–Kier alpha value is -0.950. The van der Waals surface area contributed by atoms with Crippen LogP contribution in [0.2, 0.25) is 0 Å². The third kappa shape index (κ3) is 1.42. The molecule has 2 rings (SSSR count). The summed E-state index contributed by atoms with van der Waals surface area (Å²) < 4.78 is 2.83. The molecule has 7 heteroatoms. The first-order chi connectivity index (χ1) is 6.74. The fourth-order valence-corrected chi connectivity index (χ4v) is 2.17. The van der Waals surface area contributed by atoms with Gasteiger partial charge in [0, 0.05) is 14.1 Å². The second-order valence-corrected chi connectivity index (χ2v) is 4.80. The van der Waals surface area contributed by atoms with Gasteiger partial charge in [-0.1, -0.05) is 0 Å². The molecule has 0 aliphatic carbocycles. The van der Waals surface area contributed by atoms with Crippen molar-refractivity contribution in [3.63, 3.8) is 0 Å². The fraction of sp³-hybridized carbons (Fsp3) is 0.286. The molecular weight excluding hydrogens is 266 g/mol. The highest BCUT2D eigenvalue weighted by Gasteiger charge is 2.14. The Labute approximate surface area is 93.3 Å². The number of aromatic nitrogens is 4. The van der Waals surface area contributed by atoms with Gasteiger partial charge in [0.05, 0.1) is 5.51 Å². The van der Waals surface area contributed by atoms with Gasteiger partial charge in [0.2, 0.25) is 5.95 Å². The summed E-state index contributed by atoms with van der Waals surface area (Å²) in [5, 5.41) is 11.0. The van der Waals surface area contributed by atoms with Crippen LogP contribution in [0.3, 0.4) is 0 Å². The van der Waals surface area contributed by atoms with Crippen molar-refractivity contribution >= 4 is 33.2 Å². The number of anilines is 1. The molecule has 5 nitrogen and oxygen atoms in total. The molecule has 0 amide bonds. The third-order valence-electron chi connectivity index (χ3n) is 1.83. The third-order valence-corrected chi connectivity index (χ3v) is 3.38. The predicted molar refractivity (Wildman–Crippen MR) is 59.4 cm³/mol. The Morgan fingerprint density at radius 1 is 1.50 bits per heavy atom. The quantitative estimate of drug-likeness (QED) is 0.906. The van der Waals surface area contributed by atoms with Crippen molar-refractivity contribution in [2.75, 3.05) is 12.4 Å². The van der Waals surface area contributed by atoms with Gasteiger partial charge < -0.3 is 5.32 Å². The largest absolute Gasteiger partial charge is 0.357 e. The Morgan fingerprint density at radius 3 is 2.79 bits per heavy atom. The van der Waals surface area contributed by atoms with Gasteiger partial charge in [-0.3, -0.25) is 4.57 Å². The number of nitrogens with zero attached hydrogens (tertiary/aromatic N) is 4. The molecule has 2 heterocycles. The molecule has 74 valence electrons. The molecule has 2 aromatic heterocycles. The van der Waals surface area contributed by atoms with Crippen LogP contribution < -0.4 is 5.32 Å². The van der Waals surface area contributed by atoms with E-state index in [9.17, 15) is 0 Å². The van der Waals surface area contributed by atoms with E-state index in [0.717, 1.165) is 21.3 Å². The van der Waals surface area contributed by atoms with E-state index >= 15 is 0 Å². The summed E-state index contributed by atoms with van der Waals surface area (Å²) in [5.41, 5.74) is 2.60. The maximum atomic E-state index is 4.22. The summed E-state index contributed by atoms with van der Waals surface area (Å²) in [6.45, 7) is 0. The lowest BCUT2D eigenvalue weighted by Gasteiger charge is -2.00. The molecule has 0 saturated carbocycles. The molecule has 0 atom stereocenters. The van der Waals surface area contributed by atoms with E-state index in [1.54, 1.807) is 5.51 Å². The minimum Gasteiger partial charge on any atom is -0.357 e. The molecule has 0 bridgehead atoms. The lowest BCUT2D eigenvalue weighted by atomic mass is 10.4. The van der Waals surface area contributed by atoms with Crippen molar-refractivity contribution in [3.8, 4) is 11.5 Å². The van der Waals surface area contributed by atoms with Crippen LogP contribution in [0.5, 0.6) is 0 Å². The van der Waals surface area contributed by atoms with E-state index in [-0.39, 0.29) is 0 Å². The van der Waals surface area contributed by atoms with E-state index in [4.69, 9.17) is 0 Å². The fourth-order valence-electron chi connectivity index (χ4n) is 1.13. The number of thiazole rings is 1. The topological polar surface area (TPSA) is 55.6 Å². The van der Waals surface area contributed by atoms with E-state index < -0.39 is 0 Å². The van der Waals surface area contributed by atoms with Gasteiger partial charge in [-0.05, 0) is 15.9 Å². The van der Waals surface area contributed by atoms with Gasteiger partial charge in [-0.2, -0.15) is 0 Å². The highest BCUT2D eigenvalue weighted by atomic mass is 79.9. The Morgan fingerprint density at radius 2 is 2.29 bits per heavy atom. The lowest BCUT2D eigenvalue weighted by molar-refractivity contribution is 0.920. The van der Waals surface area contributed by atoms with Crippen molar-refractivity contribution in [2.24, 2.45) is 7.05 Å². The highest BCUT2D eigenvalue weighted by Crippen LogP contribution is 2.29. The van der Waals surface area contributed by atoms with E-state index in [1.165, 1.54) is 11.3 Å². The van der Waals surface area contributed by atoms with Crippen molar-refractivity contribution in [1.29, 1.82) is 0 Å². The average molecular weight is 274 g/mol. The maximum Gasteiger partial charge on any atom is 0.224 e. The Bertz CT molecular complexity index is 449. The van der Waals surface area contributed by atoms with Gasteiger partial charge in [-0.25, -0.2) is 4.98 Å². The van der Waals surface area contributed by atoms with Gasteiger partial charge in [0.1, 0.15) is 9.48 Å². The Kier molecular flexibility index (Phi) is 2.51. The molecule has 0 aromatic carbocycles. The minimum absolute atomic E-state index is 0.722. The first kappa shape index (κ1) is 9.60. The number of hydrogen-bond donors (Lipinski definition) is 1. The summed E-state index contributed by atoms with van der Waals surface area (Å²) in [7, 11) is 3.71. The van der Waals surface area contributed by atoms with Crippen molar-refractivity contribution in [2.45, 2.75) is 0 Å². The van der Waals surface area contributed by atoms with Crippen molar-refractivity contribution in [1.82, 2.24) is 19.7 Å². The van der Waals surface area contributed by atoms with Crippen LogP contribution in [0, 0.1) is 0 Å². The summed E-state index contributed by atoms with van der Waals surface area (Å²) >= 11 is 4.95. The SMILES string of the molecule is CNc1nnc(-c2ncsc2Br)n1C. The second-order valence-electron chi connectivity index (χ2n) is 2.63. The highest BCUT2D eigenvalue weighted by molar-refractivity contribution is 9.11. The average Bonchev–Trinajstić information content (AvgIpc) is 2.72. The summed E-state index contributed by atoms with van der Waals surface area (Å²) in [6.07, 6.45) is 0. The molecule has 1 N–H and O–H groups in total. The molecule has 0 fully saturated rings. The van der Waals surface area contributed by atoms with Crippen LogP contribution in [0.15, 0.2) is 9.30 Å². The predicted octanol–water partition coefficient (Wildman–Crippen LogP) is 1.74. The lowest BCUT2D eigenvalue weighted by Crippen LogP contribution is -1.99. The number of halogens is 1. The van der Waals surface area contributed by atoms with Crippen molar-refractivity contribution in [3.05, 3.63) is 9.30 Å². The summed E-state index contributed by atoms with van der Waals surface area (Å²) in [6, 6.07) is 0. The monoisotopic (exact) mass is 273 g/mol. The minimum atomic E-state index is 0.722. The summed E-state index contributed by atoms with van der Waals surface area (Å²) in [4.78, 5) is 4.22. The van der Waals surface area contributed by atoms with Crippen LogP contribution in [-0.4, -0.2) is 26.8 Å². The Balaban J connectivity index is 2.52. The molecule has 14 heavy (non-hydrogen) atoms. The maximum absolute atomic E-state index is 4.22. The van der Waals surface area contributed by atoms with Crippen LogP contribution in [0.25, 0.3) is 11.5 Å². The van der Waals surface area contributed by atoms with Gasteiger partial charge in [0.15, 0.2) is 5.82 Å². The van der Waals surface area contributed by atoms with E-state index in [0.29, 0.717) is 0 Å². The molecule has 0 aliphatic heterocycles.